The highest BCUT2D eigenvalue weighted by Crippen LogP contribution is 2.60. The second kappa shape index (κ2) is 8.20. The minimum Gasteiger partial charge on any atom is -0.349 e. The van der Waals surface area contributed by atoms with Gasteiger partial charge in [-0.25, -0.2) is 0 Å². The van der Waals surface area contributed by atoms with Crippen molar-refractivity contribution in [3.05, 3.63) is 137 Å². The minimum atomic E-state index is -0.346. The lowest BCUT2D eigenvalue weighted by Crippen LogP contribution is -2.42. The van der Waals surface area contributed by atoms with Crippen LogP contribution in [0.4, 0.5) is 5.69 Å². The Morgan fingerprint density at radius 2 is 0.972 bits per heavy atom. The van der Waals surface area contributed by atoms with Gasteiger partial charge in [0.25, 0.3) is 0 Å². The first kappa shape index (κ1) is 21.1. The van der Waals surface area contributed by atoms with Crippen LogP contribution in [0.1, 0.15) is 39.7 Å². The smallest absolute Gasteiger partial charge is 0.235 e. The molecule has 36 heavy (non-hydrogen) atoms. The van der Waals surface area contributed by atoms with E-state index in [-0.39, 0.29) is 42.2 Å². The lowest BCUT2D eigenvalue weighted by molar-refractivity contribution is -0.140. The first-order chi connectivity index (χ1) is 17.7. The van der Waals surface area contributed by atoms with Crippen LogP contribution >= 0.6 is 0 Å². The lowest BCUT2D eigenvalue weighted by Gasteiger charge is -2.45. The Morgan fingerprint density at radius 1 is 0.556 bits per heavy atom. The van der Waals surface area contributed by atoms with Crippen LogP contribution in [-0.4, -0.2) is 23.4 Å². The molecule has 2 bridgehead atoms. The number of imide groups is 1. The zero-order valence-corrected chi connectivity index (χ0v) is 19.8. The second-order valence-electron chi connectivity index (χ2n) is 10.0. The molecule has 0 aromatic heterocycles. The van der Waals surface area contributed by atoms with Gasteiger partial charge < -0.3 is 4.90 Å². The molecule has 0 radical (unpaired) electrons. The van der Waals surface area contributed by atoms with E-state index in [1.165, 1.54) is 27.2 Å². The number of hydrogen-bond donors (Lipinski definition) is 0. The number of rotatable bonds is 5. The van der Waals surface area contributed by atoms with Gasteiger partial charge in [0, 0.05) is 24.1 Å². The number of carbonyl (C=O) groups excluding carboxylic acids is 2. The third-order valence-electron chi connectivity index (χ3n) is 8.19. The first-order valence-corrected chi connectivity index (χ1v) is 12.6. The highest BCUT2D eigenvalue weighted by molar-refractivity contribution is 6.07. The molecule has 2 atom stereocenters. The number of benzene rings is 4. The standard InChI is InChI=1S/C32H26N2O2/c35-31-29-27-23-15-7-8-16-24(23)28(26-18-10-9-17-25(26)27)30(29)32(36)34(31)20-33(22-13-5-2-6-14-22)19-21-11-3-1-4-12-21/h1-18,27-30H,19-20H2. The van der Waals surface area contributed by atoms with Gasteiger partial charge in [-0.15, -0.1) is 0 Å². The summed E-state index contributed by atoms with van der Waals surface area (Å²) in [6, 6.07) is 37.0. The van der Waals surface area contributed by atoms with Crippen molar-refractivity contribution in [2.75, 3.05) is 11.6 Å². The third-order valence-corrected chi connectivity index (χ3v) is 8.19. The van der Waals surface area contributed by atoms with Crippen LogP contribution in [-0.2, 0) is 16.1 Å². The van der Waals surface area contributed by atoms with Gasteiger partial charge in [-0.3, -0.25) is 14.5 Å². The quantitative estimate of drug-likeness (QED) is 0.360. The molecule has 1 heterocycles. The Balaban J connectivity index is 1.28. The molecule has 4 heteroatoms. The fourth-order valence-electron chi connectivity index (χ4n) is 6.71. The zero-order chi connectivity index (χ0) is 24.2. The van der Waals surface area contributed by atoms with E-state index in [4.69, 9.17) is 0 Å². The van der Waals surface area contributed by atoms with Crippen molar-refractivity contribution in [3.63, 3.8) is 0 Å². The molecule has 4 aromatic carbocycles. The molecular formula is C32H26N2O2. The van der Waals surface area contributed by atoms with Gasteiger partial charge in [-0.2, -0.15) is 0 Å². The van der Waals surface area contributed by atoms with Gasteiger partial charge in [-0.05, 0) is 39.9 Å². The van der Waals surface area contributed by atoms with Gasteiger partial charge in [0.2, 0.25) is 11.8 Å². The Labute approximate surface area is 210 Å². The summed E-state index contributed by atoms with van der Waals surface area (Å²) in [7, 11) is 0. The van der Waals surface area contributed by atoms with E-state index in [9.17, 15) is 9.59 Å². The number of hydrogen-bond acceptors (Lipinski definition) is 3. The summed E-state index contributed by atoms with van der Waals surface area (Å²) in [5, 5.41) is 0. The molecule has 3 aliphatic carbocycles. The fraction of sp³-hybridized carbons (Fsp3) is 0.188. The van der Waals surface area contributed by atoms with Crippen LogP contribution in [0.25, 0.3) is 0 Å². The molecule has 8 rings (SSSR count). The summed E-state index contributed by atoms with van der Waals surface area (Å²) in [5.41, 5.74) is 6.94. The summed E-state index contributed by atoms with van der Waals surface area (Å²) >= 11 is 0. The number of carbonyl (C=O) groups is 2. The number of anilines is 1. The third kappa shape index (κ3) is 3.07. The van der Waals surface area contributed by atoms with Gasteiger partial charge in [0.15, 0.2) is 0 Å². The van der Waals surface area contributed by atoms with E-state index < -0.39 is 0 Å². The summed E-state index contributed by atoms with van der Waals surface area (Å²) in [5.74, 6) is -0.930. The van der Waals surface area contributed by atoms with Crippen molar-refractivity contribution in [3.8, 4) is 0 Å². The predicted molar refractivity (Wildman–Crippen MR) is 139 cm³/mol. The van der Waals surface area contributed by atoms with Crippen LogP contribution in [0.3, 0.4) is 0 Å². The maximum Gasteiger partial charge on any atom is 0.235 e. The van der Waals surface area contributed by atoms with E-state index in [0.717, 1.165) is 11.3 Å². The Hall–Kier alpha value is -4.18. The molecule has 2 amide bonds. The zero-order valence-electron chi connectivity index (χ0n) is 19.8. The van der Waals surface area contributed by atoms with Gasteiger partial charge in [-0.1, -0.05) is 97.1 Å². The molecule has 4 aliphatic rings. The number of likely N-dealkylation sites (tertiary alicyclic amines) is 1. The van der Waals surface area contributed by atoms with E-state index in [1.807, 2.05) is 72.8 Å². The molecular weight excluding hydrogens is 444 g/mol. The SMILES string of the molecule is O=C1C2C3c4ccccc4C(c4ccccc43)C2C(=O)N1CN(Cc1ccccc1)c1ccccc1. The van der Waals surface area contributed by atoms with Crippen molar-refractivity contribution in [2.24, 2.45) is 11.8 Å². The second-order valence-corrected chi connectivity index (χ2v) is 10.0. The molecule has 4 aromatic rings. The monoisotopic (exact) mass is 470 g/mol. The van der Waals surface area contributed by atoms with Crippen molar-refractivity contribution < 1.29 is 9.59 Å². The minimum absolute atomic E-state index is 0.0435. The highest BCUT2D eigenvalue weighted by Gasteiger charge is 2.61. The molecule has 1 aliphatic heterocycles. The maximum absolute atomic E-state index is 14.1. The molecule has 2 unspecified atom stereocenters. The first-order valence-electron chi connectivity index (χ1n) is 12.6. The fourth-order valence-corrected chi connectivity index (χ4v) is 6.71. The van der Waals surface area contributed by atoms with Crippen LogP contribution in [0.15, 0.2) is 109 Å². The molecule has 1 fully saturated rings. The number of amides is 2. The normalized spacial score (nSPS) is 23.3. The number of para-hydroxylation sites is 1. The molecule has 1 saturated heterocycles. The topological polar surface area (TPSA) is 40.6 Å². The number of nitrogens with zero attached hydrogens (tertiary/aromatic N) is 2. The average Bonchev–Trinajstić information content (AvgIpc) is 3.19. The van der Waals surface area contributed by atoms with E-state index in [0.29, 0.717) is 6.54 Å². The van der Waals surface area contributed by atoms with Crippen LogP contribution in [0.5, 0.6) is 0 Å². The molecule has 0 saturated carbocycles. The predicted octanol–water partition coefficient (Wildman–Crippen LogP) is 5.54. The van der Waals surface area contributed by atoms with Crippen molar-refractivity contribution in [1.82, 2.24) is 4.90 Å². The lowest BCUT2D eigenvalue weighted by atomic mass is 9.55. The molecule has 0 N–H and O–H groups in total. The Morgan fingerprint density at radius 3 is 1.44 bits per heavy atom. The van der Waals surface area contributed by atoms with Gasteiger partial charge >= 0.3 is 0 Å². The summed E-state index contributed by atoms with van der Waals surface area (Å²) in [6.45, 7) is 0.861. The van der Waals surface area contributed by atoms with Crippen molar-refractivity contribution >= 4 is 17.5 Å². The molecule has 0 spiro atoms. The van der Waals surface area contributed by atoms with Crippen LogP contribution in [0, 0.1) is 11.8 Å². The van der Waals surface area contributed by atoms with Crippen molar-refractivity contribution in [1.29, 1.82) is 0 Å². The highest BCUT2D eigenvalue weighted by atomic mass is 16.2. The summed E-state index contributed by atoms with van der Waals surface area (Å²) < 4.78 is 0. The van der Waals surface area contributed by atoms with E-state index in [2.05, 4.69) is 41.3 Å². The average molecular weight is 471 g/mol. The summed E-state index contributed by atoms with van der Waals surface area (Å²) in [6.07, 6.45) is 0. The maximum atomic E-state index is 14.1. The van der Waals surface area contributed by atoms with Crippen LogP contribution < -0.4 is 4.90 Å². The largest absolute Gasteiger partial charge is 0.349 e. The van der Waals surface area contributed by atoms with Gasteiger partial charge in [0.1, 0.15) is 6.67 Å². The van der Waals surface area contributed by atoms with Crippen molar-refractivity contribution in [2.45, 2.75) is 18.4 Å². The van der Waals surface area contributed by atoms with E-state index >= 15 is 0 Å². The van der Waals surface area contributed by atoms with E-state index in [1.54, 1.807) is 0 Å². The van der Waals surface area contributed by atoms with Crippen LogP contribution in [0.2, 0.25) is 0 Å². The Bertz CT molecular complexity index is 1350. The molecule has 176 valence electrons. The Kier molecular flexibility index (Phi) is 4.81. The van der Waals surface area contributed by atoms with Gasteiger partial charge in [0.05, 0.1) is 11.8 Å². The molecule has 4 nitrogen and oxygen atoms in total. The summed E-state index contributed by atoms with van der Waals surface area (Å²) in [4.78, 5) is 31.8.